The van der Waals surface area contributed by atoms with Crippen molar-refractivity contribution in [1.29, 1.82) is 0 Å². The Balaban J connectivity index is 2.15. The van der Waals surface area contributed by atoms with Gasteiger partial charge in [0.2, 0.25) is 0 Å². The fourth-order valence-electron chi connectivity index (χ4n) is 3.08. The van der Waals surface area contributed by atoms with Crippen LogP contribution in [0.1, 0.15) is 45.7 Å². The first-order chi connectivity index (χ1) is 9.52. The Morgan fingerprint density at radius 3 is 2.45 bits per heavy atom. The molecule has 1 saturated heterocycles. The highest BCUT2D eigenvalue weighted by atomic mass is 35.5. The molecule has 0 aliphatic carbocycles. The van der Waals surface area contributed by atoms with Crippen LogP contribution in [0.3, 0.4) is 0 Å². The lowest BCUT2D eigenvalue weighted by Crippen LogP contribution is -2.58. The third-order valence-corrected chi connectivity index (χ3v) is 4.87. The van der Waals surface area contributed by atoms with E-state index in [9.17, 15) is 0 Å². The van der Waals surface area contributed by atoms with Crippen LogP contribution in [0, 0.1) is 5.92 Å². The standard InChI is InChI=1S/C17H27ClN2/c1-5-16-10-19-17(12(2)3)11-20(16)13(4)14-6-8-15(18)9-7-14/h6-9,12-13,16-17,19H,5,10-11H2,1-4H3. The average Bonchev–Trinajstić information content (AvgIpc) is 2.46. The first kappa shape index (κ1) is 15.8. The van der Waals surface area contributed by atoms with Crippen molar-refractivity contribution in [3.8, 4) is 0 Å². The minimum atomic E-state index is 0.445. The molecule has 0 saturated carbocycles. The highest BCUT2D eigenvalue weighted by Crippen LogP contribution is 2.27. The summed E-state index contributed by atoms with van der Waals surface area (Å²) in [6.07, 6.45) is 1.19. The Kier molecular flexibility index (Phi) is 5.48. The normalized spacial score (nSPS) is 25.9. The zero-order valence-corrected chi connectivity index (χ0v) is 13.8. The summed E-state index contributed by atoms with van der Waals surface area (Å²) in [6, 6.07) is 9.97. The monoisotopic (exact) mass is 294 g/mol. The number of rotatable bonds is 4. The van der Waals surface area contributed by atoms with Gasteiger partial charge >= 0.3 is 0 Å². The Labute approximate surface area is 128 Å². The van der Waals surface area contributed by atoms with Crippen LogP contribution < -0.4 is 5.32 Å². The van der Waals surface area contributed by atoms with Gasteiger partial charge in [0.05, 0.1) is 0 Å². The molecule has 112 valence electrons. The van der Waals surface area contributed by atoms with Crippen LogP contribution in [0.2, 0.25) is 5.02 Å². The van der Waals surface area contributed by atoms with Crippen molar-refractivity contribution in [2.75, 3.05) is 13.1 Å². The second kappa shape index (κ2) is 6.93. The first-order valence-corrected chi connectivity index (χ1v) is 8.15. The van der Waals surface area contributed by atoms with E-state index < -0.39 is 0 Å². The van der Waals surface area contributed by atoms with Crippen LogP contribution in [0.15, 0.2) is 24.3 Å². The molecule has 1 N–H and O–H groups in total. The van der Waals surface area contributed by atoms with E-state index in [0.29, 0.717) is 24.0 Å². The largest absolute Gasteiger partial charge is 0.311 e. The zero-order valence-electron chi connectivity index (χ0n) is 13.1. The average molecular weight is 295 g/mol. The molecule has 0 radical (unpaired) electrons. The van der Waals surface area contributed by atoms with Gasteiger partial charge in [0.1, 0.15) is 0 Å². The van der Waals surface area contributed by atoms with E-state index in [1.807, 2.05) is 12.1 Å². The van der Waals surface area contributed by atoms with Gasteiger partial charge in [-0.25, -0.2) is 0 Å². The molecule has 0 spiro atoms. The van der Waals surface area contributed by atoms with Crippen LogP contribution in [0.4, 0.5) is 0 Å². The third-order valence-electron chi connectivity index (χ3n) is 4.62. The van der Waals surface area contributed by atoms with Gasteiger partial charge in [-0.3, -0.25) is 4.90 Å². The van der Waals surface area contributed by atoms with E-state index in [4.69, 9.17) is 11.6 Å². The molecule has 1 heterocycles. The van der Waals surface area contributed by atoms with E-state index in [2.05, 4.69) is 50.0 Å². The van der Waals surface area contributed by atoms with E-state index in [0.717, 1.165) is 18.1 Å². The SMILES string of the molecule is CCC1CNC(C(C)C)CN1C(C)c1ccc(Cl)cc1. The Morgan fingerprint density at radius 1 is 1.25 bits per heavy atom. The van der Waals surface area contributed by atoms with Crippen LogP contribution >= 0.6 is 11.6 Å². The van der Waals surface area contributed by atoms with Crippen molar-refractivity contribution in [1.82, 2.24) is 10.2 Å². The molecule has 1 aliphatic rings. The van der Waals surface area contributed by atoms with Crippen molar-refractivity contribution in [2.45, 2.75) is 52.2 Å². The predicted molar refractivity (Wildman–Crippen MR) is 87.3 cm³/mol. The lowest BCUT2D eigenvalue weighted by atomic mass is 9.95. The minimum absolute atomic E-state index is 0.445. The summed E-state index contributed by atoms with van der Waals surface area (Å²) in [5.74, 6) is 0.674. The summed E-state index contributed by atoms with van der Waals surface area (Å²) in [6.45, 7) is 11.4. The molecule has 2 nitrogen and oxygen atoms in total. The molecule has 2 rings (SSSR count). The van der Waals surface area contributed by atoms with Gasteiger partial charge in [-0.2, -0.15) is 0 Å². The van der Waals surface area contributed by atoms with Gasteiger partial charge in [0.25, 0.3) is 0 Å². The molecule has 3 atom stereocenters. The Bertz CT molecular complexity index is 416. The van der Waals surface area contributed by atoms with Crippen LogP contribution in [0.5, 0.6) is 0 Å². The first-order valence-electron chi connectivity index (χ1n) is 7.77. The van der Waals surface area contributed by atoms with E-state index in [1.165, 1.54) is 12.0 Å². The van der Waals surface area contributed by atoms with Crippen LogP contribution in [-0.2, 0) is 0 Å². The van der Waals surface area contributed by atoms with Crippen molar-refractivity contribution < 1.29 is 0 Å². The second-order valence-electron chi connectivity index (χ2n) is 6.25. The predicted octanol–water partition coefficient (Wildman–Crippen LogP) is 4.11. The molecule has 0 bridgehead atoms. The molecular weight excluding hydrogens is 268 g/mol. The van der Waals surface area contributed by atoms with E-state index in [-0.39, 0.29) is 0 Å². The molecule has 0 amide bonds. The summed E-state index contributed by atoms with van der Waals surface area (Å²) in [5, 5.41) is 4.52. The van der Waals surface area contributed by atoms with Gasteiger partial charge in [-0.05, 0) is 37.0 Å². The molecule has 1 aromatic rings. The van der Waals surface area contributed by atoms with Gasteiger partial charge in [0.15, 0.2) is 0 Å². The summed E-state index contributed by atoms with van der Waals surface area (Å²) >= 11 is 6.00. The number of nitrogens with one attached hydrogen (secondary N) is 1. The van der Waals surface area contributed by atoms with Gasteiger partial charge in [0, 0.05) is 36.2 Å². The lowest BCUT2D eigenvalue weighted by Gasteiger charge is -2.45. The van der Waals surface area contributed by atoms with Crippen LogP contribution in [0.25, 0.3) is 0 Å². The number of halogens is 1. The third kappa shape index (κ3) is 3.55. The van der Waals surface area contributed by atoms with Crippen molar-refractivity contribution in [3.63, 3.8) is 0 Å². The van der Waals surface area contributed by atoms with E-state index in [1.54, 1.807) is 0 Å². The Hall–Kier alpha value is -0.570. The minimum Gasteiger partial charge on any atom is -0.311 e. The molecule has 0 aromatic heterocycles. The molecular formula is C17H27ClN2. The summed E-state index contributed by atoms with van der Waals surface area (Å²) in [4.78, 5) is 2.66. The molecule has 1 aliphatic heterocycles. The second-order valence-corrected chi connectivity index (χ2v) is 6.68. The smallest absolute Gasteiger partial charge is 0.0406 e. The highest BCUT2D eigenvalue weighted by Gasteiger charge is 2.31. The quantitative estimate of drug-likeness (QED) is 0.899. The van der Waals surface area contributed by atoms with Crippen molar-refractivity contribution in [2.24, 2.45) is 5.92 Å². The fraction of sp³-hybridized carbons (Fsp3) is 0.647. The number of piperazine rings is 1. The topological polar surface area (TPSA) is 15.3 Å². The zero-order chi connectivity index (χ0) is 14.7. The van der Waals surface area contributed by atoms with E-state index >= 15 is 0 Å². The summed E-state index contributed by atoms with van der Waals surface area (Å²) in [5.41, 5.74) is 1.36. The fourth-order valence-corrected chi connectivity index (χ4v) is 3.20. The Morgan fingerprint density at radius 2 is 1.90 bits per heavy atom. The van der Waals surface area contributed by atoms with Crippen molar-refractivity contribution >= 4 is 11.6 Å². The maximum atomic E-state index is 6.00. The molecule has 3 heteroatoms. The maximum absolute atomic E-state index is 6.00. The molecule has 3 unspecified atom stereocenters. The van der Waals surface area contributed by atoms with Gasteiger partial charge < -0.3 is 5.32 Å². The number of hydrogen-bond donors (Lipinski definition) is 1. The molecule has 20 heavy (non-hydrogen) atoms. The van der Waals surface area contributed by atoms with Gasteiger partial charge in [-0.1, -0.05) is 44.5 Å². The maximum Gasteiger partial charge on any atom is 0.0406 e. The molecule has 1 fully saturated rings. The molecule has 1 aromatic carbocycles. The summed E-state index contributed by atoms with van der Waals surface area (Å²) < 4.78 is 0. The summed E-state index contributed by atoms with van der Waals surface area (Å²) in [7, 11) is 0. The van der Waals surface area contributed by atoms with Crippen molar-refractivity contribution in [3.05, 3.63) is 34.9 Å². The lowest BCUT2D eigenvalue weighted by molar-refractivity contribution is 0.0736. The number of benzene rings is 1. The number of nitrogens with zero attached hydrogens (tertiary/aromatic N) is 1. The van der Waals surface area contributed by atoms with Crippen LogP contribution in [-0.4, -0.2) is 30.1 Å². The number of hydrogen-bond acceptors (Lipinski definition) is 2. The highest BCUT2D eigenvalue weighted by molar-refractivity contribution is 6.30. The van der Waals surface area contributed by atoms with Gasteiger partial charge in [-0.15, -0.1) is 0 Å².